The first-order valence-corrected chi connectivity index (χ1v) is 9.06. The number of nitrogens with one attached hydrogen (secondary N) is 2. The van der Waals surface area contributed by atoms with Crippen molar-refractivity contribution in [3.63, 3.8) is 0 Å². The molecule has 23 heavy (non-hydrogen) atoms. The normalized spacial score (nSPS) is 22.6. The van der Waals surface area contributed by atoms with Gasteiger partial charge < -0.3 is 9.64 Å². The standard InChI is InChI=1S/C13H19N3O6S/c1-2-16(9-5-6-23(20,21)8-9)12(18)7-22-13(19)10-3-4-11(17)15-14-10/h3,9,14H,2,4-8H2,1H3,(H,15,17)/t9-/m1/s1. The average Bonchev–Trinajstić information content (AvgIpc) is 2.86. The second-order valence-electron chi connectivity index (χ2n) is 5.31. The molecule has 0 aliphatic carbocycles. The monoisotopic (exact) mass is 345 g/mol. The Morgan fingerprint density at radius 1 is 1.39 bits per heavy atom. The van der Waals surface area contributed by atoms with Gasteiger partial charge in [-0.25, -0.2) is 13.2 Å². The zero-order chi connectivity index (χ0) is 17.0. The van der Waals surface area contributed by atoms with Gasteiger partial charge in [-0.2, -0.15) is 0 Å². The van der Waals surface area contributed by atoms with Crippen LogP contribution in [0.4, 0.5) is 0 Å². The minimum absolute atomic E-state index is 0.0480. The summed E-state index contributed by atoms with van der Waals surface area (Å²) >= 11 is 0. The Kier molecular flexibility index (Phi) is 5.24. The molecule has 2 aliphatic rings. The molecule has 2 heterocycles. The predicted molar refractivity (Wildman–Crippen MR) is 79.4 cm³/mol. The fraction of sp³-hybridized carbons (Fsp3) is 0.615. The maximum Gasteiger partial charge on any atom is 0.356 e. The molecule has 0 unspecified atom stereocenters. The van der Waals surface area contributed by atoms with Gasteiger partial charge in [0.25, 0.3) is 5.91 Å². The average molecular weight is 345 g/mol. The first-order chi connectivity index (χ1) is 10.8. The number of hydrogen-bond donors (Lipinski definition) is 2. The first-order valence-electron chi connectivity index (χ1n) is 7.24. The van der Waals surface area contributed by atoms with Crippen molar-refractivity contribution in [3.8, 4) is 0 Å². The lowest BCUT2D eigenvalue weighted by Crippen LogP contribution is -2.45. The molecule has 10 heteroatoms. The van der Waals surface area contributed by atoms with Gasteiger partial charge in [0.1, 0.15) is 5.70 Å². The van der Waals surface area contributed by atoms with Crippen LogP contribution in [0.25, 0.3) is 0 Å². The van der Waals surface area contributed by atoms with Crippen LogP contribution in [-0.4, -0.2) is 61.8 Å². The van der Waals surface area contributed by atoms with E-state index in [1.807, 2.05) is 0 Å². The van der Waals surface area contributed by atoms with E-state index in [1.54, 1.807) is 6.92 Å². The Bertz CT molecular complexity index is 642. The highest BCUT2D eigenvalue weighted by atomic mass is 32.2. The molecule has 0 bridgehead atoms. The van der Waals surface area contributed by atoms with Crippen LogP contribution in [0.5, 0.6) is 0 Å². The number of sulfone groups is 1. The number of likely N-dealkylation sites (N-methyl/N-ethyl adjacent to an activating group) is 1. The second kappa shape index (κ2) is 6.99. The molecule has 0 aromatic carbocycles. The van der Waals surface area contributed by atoms with Crippen molar-refractivity contribution in [2.75, 3.05) is 24.7 Å². The van der Waals surface area contributed by atoms with Crippen LogP contribution in [0.2, 0.25) is 0 Å². The number of rotatable bonds is 5. The van der Waals surface area contributed by atoms with E-state index in [2.05, 4.69) is 10.9 Å². The van der Waals surface area contributed by atoms with Gasteiger partial charge >= 0.3 is 5.97 Å². The molecule has 1 atom stereocenters. The Morgan fingerprint density at radius 3 is 2.65 bits per heavy atom. The first kappa shape index (κ1) is 17.3. The van der Waals surface area contributed by atoms with Crippen LogP contribution in [0.1, 0.15) is 19.8 Å². The summed E-state index contributed by atoms with van der Waals surface area (Å²) in [5.41, 5.74) is 4.71. The Hall–Kier alpha value is -2.10. The smallest absolute Gasteiger partial charge is 0.356 e. The summed E-state index contributed by atoms with van der Waals surface area (Å²) in [5, 5.41) is 0. The third kappa shape index (κ3) is 4.44. The molecule has 2 aliphatic heterocycles. The third-order valence-electron chi connectivity index (χ3n) is 3.69. The zero-order valence-corrected chi connectivity index (χ0v) is 13.5. The molecule has 1 fully saturated rings. The minimum atomic E-state index is -3.10. The lowest BCUT2D eigenvalue weighted by molar-refractivity contribution is -0.150. The molecule has 9 nitrogen and oxygen atoms in total. The van der Waals surface area contributed by atoms with Gasteiger partial charge in [-0.15, -0.1) is 0 Å². The van der Waals surface area contributed by atoms with Gasteiger partial charge in [0.05, 0.1) is 11.5 Å². The number of hydrogen-bond acceptors (Lipinski definition) is 7. The highest BCUT2D eigenvalue weighted by Gasteiger charge is 2.34. The Balaban J connectivity index is 1.88. The van der Waals surface area contributed by atoms with Crippen molar-refractivity contribution in [1.82, 2.24) is 15.8 Å². The molecule has 2 N–H and O–H groups in total. The maximum atomic E-state index is 12.2. The molecule has 0 saturated carbocycles. The summed E-state index contributed by atoms with van der Waals surface area (Å²) in [7, 11) is -3.10. The van der Waals surface area contributed by atoms with Crippen molar-refractivity contribution >= 4 is 27.6 Å². The summed E-state index contributed by atoms with van der Waals surface area (Å²) in [6, 6.07) is -0.373. The molecular formula is C13H19N3O6S. The molecule has 1 saturated heterocycles. The number of nitrogens with zero attached hydrogens (tertiary/aromatic N) is 1. The maximum absolute atomic E-state index is 12.2. The van der Waals surface area contributed by atoms with E-state index in [9.17, 15) is 22.8 Å². The fourth-order valence-electron chi connectivity index (χ4n) is 2.52. The molecule has 128 valence electrons. The lowest BCUT2D eigenvalue weighted by atomic mass is 10.2. The predicted octanol–water partition coefficient (Wildman–Crippen LogP) is -1.53. The number of esters is 1. The number of carbonyl (C=O) groups is 3. The summed E-state index contributed by atoms with van der Waals surface area (Å²) in [4.78, 5) is 36.3. The van der Waals surface area contributed by atoms with Crippen molar-refractivity contribution in [2.24, 2.45) is 0 Å². The van der Waals surface area contributed by atoms with Crippen LogP contribution < -0.4 is 10.9 Å². The minimum Gasteiger partial charge on any atom is -0.451 e. The Labute approximate surface area is 133 Å². The van der Waals surface area contributed by atoms with Crippen LogP contribution in [0.15, 0.2) is 11.8 Å². The fourth-order valence-corrected chi connectivity index (χ4v) is 4.25. The second-order valence-corrected chi connectivity index (χ2v) is 7.54. The van der Waals surface area contributed by atoms with E-state index in [0.717, 1.165) is 0 Å². The highest BCUT2D eigenvalue weighted by Crippen LogP contribution is 2.17. The summed E-state index contributed by atoms with van der Waals surface area (Å²) in [6.45, 7) is 1.61. The molecular weight excluding hydrogens is 326 g/mol. The van der Waals surface area contributed by atoms with Crippen molar-refractivity contribution < 1.29 is 27.5 Å². The van der Waals surface area contributed by atoms with E-state index in [1.165, 1.54) is 11.0 Å². The quantitative estimate of drug-likeness (QED) is 0.580. The summed E-state index contributed by atoms with van der Waals surface area (Å²) in [6.07, 6.45) is 1.81. The molecule has 2 rings (SSSR count). The topological polar surface area (TPSA) is 122 Å². The van der Waals surface area contributed by atoms with Gasteiger partial charge in [0, 0.05) is 19.0 Å². The number of carbonyl (C=O) groups excluding carboxylic acids is 3. The van der Waals surface area contributed by atoms with Gasteiger partial charge in [-0.1, -0.05) is 0 Å². The molecule has 0 aromatic heterocycles. The van der Waals surface area contributed by atoms with E-state index in [-0.39, 0.29) is 35.6 Å². The van der Waals surface area contributed by atoms with Gasteiger partial charge in [-0.05, 0) is 19.4 Å². The van der Waals surface area contributed by atoms with Crippen molar-refractivity contribution in [1.29, 1.82) is 0 Å². The van der Waals surface area contributed by atoms with Crippen molar-refractivity contribution in [2.45, 2.75) is 25.8 Å². The molecule has 0 aromatic rings. The molecule has 2 amide bonds. The summed E-state index contributed by atoms with van der Waals surface area (Å²) in [5.74, 6) is -1.47. The van der Waals surface area contributed by atoms with Crippen LogP contribution >= 0.6 is 0 Å². The highest BCUT2D eigenvalue weighted by molar-refractivity contribution is 7.91. The molecule has 0 radical (unpaired) electrons. The van der Waals surface area contributed by atoms with E-state index in [0.29, 0.717) is 13.0 Å². The third-order valence-corrected chi connectivity index (χ3v) is 5.44. The van der Waals surface area contributed by atoms with Gasteiger partial charge in [-0.3, -0.25) is 20.4 Å². The van der Waals surface area contributed by atoms with E-state index in [4.69, 9.17) is 4.74 Å². The number of hydrazine groups is 1. The number of amides is 2. The van der Waals surface area contributed by atoms with Crippen LogP contribution in [0.3, 0.4) is 0 Å². The summed E-state index contributed by atoms with van der Waals surface area (Å²) < 4.78 is 27.9. The van der Waals surface area contributed by atoms with Crippen molar-refractivity contribution in [3.05, 3.63) is 11.8 Å². The zero-order valence-electron chi connectivity index (χ0n) is 12.7. The molecule has 0 spiro atoms. The van der Waals surface area contributed by atoms with Crippen LogP contribution in [-0.2, 0) is 29.0 Å². The lowest BCUT2D eigenvalue weighted by Gasteiger charge is -2.26. The van der Waals surface area contributed by atoms with E-state index < -0.39 is 28.3 Å². The SMILES string of the molecule is CCN(C(=O)COC(=O)C1=CCC(=O)NN1)[C@@H]1CCS(=O)(=O)C1. The Morgan fingerprint density at radius 2 is 2.13 bits per heavy atom. The van der Waals surface area contributed by atoms with Crippen LogP contribution in [0, 0.1) is 0 Å². The number of ether oxygens (including phenoxy) is 1. The van der Waals surface area contributed by atoms with Gasteiger partial charge in [0.15, 0.2) is 16.4 Å². The largest absolute Gasteiger partial charge is 0.451 e. The van der Waals surface area contributed by atoms with E-state index >= 15 is 0 Å². The van der Waals surface area contributed by atoms with Gasteiger partial charge in [0.2, 0.25) is 5.91 Å².